The summed E-state index contributed by atoms with van der Waals surface area (Å²) in [5.41, 5.74) is 1.09. The number of nitrogens with zero attached hydrogens (tertiary/aromatic N) is 4. The minimum atomic E-state index is 0.580. The van der Waals surface area contributed by atoms with Gasteiger partial charge in [0.2, 0.25) is 5.95 Å². The van der Waals surface area contributed by atoms with E-state index in [0.717, 1.165) is 24.5 Å². The number of anilines is 2. The summed E-state index contributed by atoms with van der Waals surface area (Å²) in [5, 5.41) is 3.18. The van der Waals surface area contributed by atoms with Gasteiger partial charge in [-0.2, -0.15) is 0 Å². The van der Waals surface area contributed by atoms with Crippen molar-refractivity contribution in [2.75, 3.05) is 29.9 Å². The molecule has 1 N–H and O–H groups in total. The van der Waals surface area contributed by atoms with Gasteiger partial charge in [-0.05, 0) is 32.4 Å². The molecule has 0 saturated heterocycles. The van der Waals surface area contributed by atoms with Crippen LogP contribution in [0, 0.1) is 0 Å². The van der Waals surface area contributed by atoms with Gasteiger partial charge in [-0.3, -0.25) is 0 Å². The van der Waals surface area contributed by atoms with Crippen LogP contribution in [0.25, 0.3) is 0 Å². The maximum absolute atomic E-state index is 5.31. The van der Waals surface area contributed by atoms with Gasteiger partial charge in [0.05, 0.1) is 19.0 Å². The molecule has 0 fully saturated rings. The van der Waals surface area contributed by atoms with Gasteiger partial charge in [-0.25, -0.2) is 15.0 Å². The third-order valence-electron chi connectivity index (χ3n) is 3.29. The summed E-state index contributed by atoms with van der Waals surface area (Å²) in [6.45, 7) is 9.36. The van der Waals surface area contributed by atoms with Gasteiger partial charge < -0.3 is 15.0 Å². The Balaban J connectivity index is 1.91. The monoisotopic (exact) mass is 301 g/mol. The zero-order chi connectivity index (χ0) is 15.8. The van der Waals surface area contributed by atoms with E-state index in [0.29, 0.717) is 24.8 Å². The molecule has 0 unspecified atom stereocenters. The molecule has 6 heteroatoms. The second-order valence-electron chi connectivity index (χ2n) is 4.73. The van der Waals surface area contributed by atoms with E-state index in [9.17, 15) is 0 Å². The second kappa shape index (κ2) is 8.17. The standard InChI is InChI=1S/C16H23N5O/c1-4-21(5-2)15-8-7-13(9-17-15)10-18-16-19-11-14(12-20-16)22-6-3/h7-9,11-12H,4-6,10H2,1-3H3,(H,18,19,20). The van der Waals surface area contributed by atoms with E-state index in [4.69, 9.17) is 4.74 Å². The second-order valence-corrected chi connectivity index (χ2v) is 4.73. The molecular formula is C16H23N5O. The van der Waals surface area contributed by atoms with Gasteiger partial charge >= 0.3 is 0 Å². The van der Waals surface area contributed by atoms with Crippen molar-refractivity contribution in [2.45, 2.75) is 27.3 Å². The fraction of sp³-hybridized carbons (Fsp3) is 0.438. The molecule has 2 rings (SSSR count). The largest absolute Gasteiger partial charge is 0.491 e. The number of pyridine rings is 1. The first-order chi connectivity index (χ1) is 10.8. The summed E-state index contributed by atoms with van der Waals surface area (Å²) >= 11 is 0. The first kappa shape index (κ1) is 16.0. The minimum absolute atomic E-state index is 0.580. The molecule has 2 aromatic heterocycles. The van der Waals surface area contributed by atoms with Gasteiger partial charge in [-0.15, -0.1) is 0 Å². The normalized spacial score (nSPS) is 10.3. The molecule has 0 bridgehead atoms. The number of rotatable bonds is 8. The number of nitrogens with one attached hydrogen (secondary N) is 1. The third kappa shape index (κ3) is 4.31. The Labute approximate surface area is 131 Å². The quantitative estimate of drug-likeness (QED) is 0.809. The Bertz CT molecular complexity index is 552. The van der Waals surface area contributed by atoms with Crippen LogP contribution in [0.15, 0.2) is 30.7 Å². The van der Waals surface area contributed by atoms with Crippen LogP contribution in [-0.2, 0) is 6.54 Å². The highest BCUT2D eigenvalue weighted by Gasteiger charge is 2.03. The molecule has 6 nitrogen and oxygen atoms in total. The molecule has 0 atom stereocenters. The number of hydrogen-bond donors (Lipinski definition) is 1. The Morgan fingerprint density at radius 2 is 1.73 bits per heavy atom. The lowest BCUT2D eigenvalue weighted by Crippen LogP contribution is -2.22. The molecule has 0 radical (unpaired) electrons. The fourth-order valence-corrected chi connectivity index (χ4v) is 2.09. The molecule has 118 valence electrons. The van der Waals surface area contributed by atoms with Crippen LogP contribution in [0.4, 0.5) is 11.8 Å². The van der Waals surface area contributed by atoms with Crippen molar-refractivity contribution in [3.8, 4) is 5.75 Å². The van der Waals surface area contributed by atoms with Crippen molar-refractivity contribution in [3.63, 3.8) is 0 Å². The van der Waals surface area contributed by atoms with Crippen LogP contribution in [0.2, 0.25) is 0 Å². The van der Waals surface area contributed by atoms with Gasteiger partial charge in [0.1, 0.15) is 5.82 Å². The minimum Gasteiger partial charge on any atom is -0.491 e. The van der Waals surface area contributed by atoms with Crippen LogP contribution >= 0.6 is 0 Å². The van der Waals surface area contributed by atoms with E-state index < -0.39 is 0 Å². The predicted molar refractivity (Wildman–Crippen MR) is 88.3 cm³/mol. The summed E-state index contributed by atoms with van der Waals surface area (Å²) in [6, 6.07) is 4.12. The summed E-state index contributed by atoms with van der Waals surface area (Å²) in [4.78, 5) is 15.1. The summed E-state index contributed by atoms with van der Waals surface area (Å²) in [6.07, 6.45) is 5.22. The lowest BCUT2D eigenvalue weighted by molar-refractivity contribution is 0.337. The van der Waals surface area contributed by atoms with Crippen molar-refractivity contribution in [1.29, 1.82) is 0 Å². The SMILES string of the molecule is CCOc1cnc(NCc2ccc(N(CC)CC)nc2)nc1. The fourth-order valence-electron chi connectivity index (χ4n) is 2.09. The van der Waals surface area contributed by atoms with Gasteiger partial charge in [-0.1, -0.05) is 6.07 Å². The van der Waals surface area contributed by atoms with Crippen LogP contribution in [0.3, 0.4) is 0 Å². The molecular weight excluding hydrogens is 278 g/mol. The maximum Gasteiger partial charge on any atom is 0.223 e. The predicted octanol–water partition coefficient (Wildman–Crippen LogP) is 2.73. The van der Waals surface area contributed by atoms with Crippen LogP contribution in [0.5, 0.6) is 5.75 Å². The van der Waals surface area contributed by atoms with E-state index >= 15 is 0 Å². The average Bonchev–Trinajstić information content (AvgIpc) is 2.57. The van der Waals surface area contributed by atoms with Crippen molar-refractivity contribution >= 4 is 11.8 Å². The first-order valence-electron chi connectivity index (χ1n) is 7.65. The van der Waals surface area contributed by atoms with E-state index in [1.54, 1.807) is 12.4 Å². The lowest BCUT2D eigenvalue weighted by Gasteiger charge is -2.19. The molecule has 0 aromatic carbocycles. The van der Waals surface area contributed by atoms with E-state index in [-0.39, 0.29) is 0 Å². The van der Waals surface area contributed by atoms with Crippen molar-refractivity contribution in [2.24, 2.45) is 0 Å². The molecule has 0 aliphatic carbocycles. The highest BCUT2D eigenvalue weighted by atomic mass is 16.5. The van der Waals surface area contributed by atoms with Crippen LogP contribution in [-0.4, -0.2) is 34.6 Å². The smallest absolute Gasteiger partial charge is 0.223 e. The molecule has 0 amide bonds. The van der Waals surface area contributed by atoms with Crippen molar-refractivity contribution in [3.05, 3.63) is 36.3 Å². The molecule has 0 aliphatic heterocycles. The lowest BCUT2D eigenvalue weighted by atomic mass is 10.2. The summed E-state index contributed by atoms with van der Waals surface area (Å²) < 4.78 is 5.31. The molecule has 0 saturated carbocycles. The van der Waals surface area contributed by atoms with E-state index in [1.807, 2.05) is 19.2 Å². The molecule has 2 heterocycles. The third-order valence-corrected chi connectivity index (χ3v) is 3.29. The van der Waals surface area contributed by atoms with Gasteiger partial charge in [0, 0.05) is 25.8 Å². The number of ether oxygens (including phenoxy) is 1. The summed E-state index contributed by atoms with van der Waals surface area (Å²) in [7, 11) is 0. The zero-order valence-electron chi connectivity index (χ0n) is 13.4. The Hall–Kier alpha value is -2.37. The summed E-state index contributed by atoms with van der Waals surface area (Å²) in [5.74, 6) is 2.26. The highest BCUT2D eigenvalue weighted by molar-refractivity contribution is 5.39. The molecule has 22 heavy (non-hydrogen) atoms. The average molecular weight is 301 g/mol. The highest BCUT2D eigenvalue weighted by Crippen LogP contribution is 2.12. The van der Waals surface area contributed by atoms with E-state index in [2.05, 4.69) is 45.1 Å². The van der Waals surface area contributed by atoms with Crippen molar-refractivity contribution in [1.82, 2.24) is 15.0 Å². The Morgan fingerprint density at radius 1 is 1.00 bits per heavy atom. The van der Waals surface area contributed by atoms with E-state index in [1.165, 1.54) is 0 Å². The molecule has 0 aliphatic rings. The van der Waals surface area contributed by atoms with Gasteiger partial charge in [0.25, 0.3) is 0 Å². The molecule has 0 spiro atoms. The first-order valence-corrected chi connectivity index (χ1v) is 7.65. The maximum atomic E-state index is 5.31. The number of hydrogen-bond acceptors (Lipinski definition) is 6. The van der Waals surface area contributed by atoms with Crippen LogP contribution in [0.1, 0.15) is 26.3 Å². The Kier molecular flexibility index (Phi) is 5.94. The Morgan fingerprint density at radius 3 is 2.27 bits per heavy atom. The molecule has 2 aromatic rings. The number of aromatic nitrogens is 3. The topological polar surface area (TPSA) is 63.2 Å². The zero-order valence-corrected chi connectivity index (χ0v) is 13.4. The van der Waals surface area contributed by atoms with Gasteiger partial charge in [0.15, 0.2) is 5.75 Å². The van der Waals surface area contributed by atoms with Crippen LogP contribution < -0.4 is 15.0 Å². The van der Waals surface area contributed by atoms with Crippen molar-refractivity contribution < 1.29 is 4.74 Å².